The van der Waals surface area contributed by atoms with Crippen molar-refractivity contribution in [3.63, 3.8) is 0 Å². The Morgan fingerprint density at radius 3 is 2.00 bits per heavy atom. The number of amides is 1. The number of rotatable bonds is 2. The lowest BCUT2D eigenvalue weighted by Gasteiger charge is -2.39. The molecule has 18 heavy (non-hydrogen) atoms. The standard InChI is InChI=1S/C13H23NO3S/c1-12(2,3)10(15)13(11(16)14-4)6-8-18(5,17)9-7-13/h5-9H2,1-4H3,(H,14,16). The predicted molar refractivity (Wildman–Crippen MR) is 75.2 cm³/mol. The summed E-state index contributed by atoms with van der Waals surface area (Å²) in [7, 11) is -0.569. The van der Waals surface area contributed by atoms with E-state index < -0.39 is 20.4 Å². The van der Waals surface area contributed by atoms with Gasteiger partial charge in [-0.2, -0.15) is 0 Å². The van der Waals surface area contributed by atoms with Crippen LogP contribution in [0.4, 0.5) is 0 Å². The molecule has 0 aromatic heterocycles. The highest BCUT2D eigenvalue weighted by Gasteiger charge is 2.50. The smallest absolute Gasteiger partial charge is 0.233 e. The first-order valence-electron chi connectivity index (χ1n) is 6.15. The van der Waals surface area contributed by atoms with Gasteiger partial charge in [-0.3, -0.25) is 13.8 Å². The van der Waals surface area contributed by atoms with E-state index in [1.54, 1.807) is 0 Å². The van der Waals surface area contributed by atoms with Gasteiger partial charge in [0.15, 0.2) is 5.78 Å². The van der Waals surface area contributed by atoms with Crippen LogP contribution in [0.15, 0.2) is 0 Å². The SMILES string of the molecule is C=S1(=O)CCC(C(=O)NC)(C(=O)C(C)(C)C)CC1. The largest absolute Gasteiger partial charge is 0.358 e. The second-order valence-corrected chi connectivity index (χ2v) is 8.86. The molecule has 0 atom stereocenters. The first-order valence-corrected chi connectivity index (χ1v) is 8.21. The van der Waals surface area contributed by atoms with Gasteiger partial charge < -0.3 is 5.32 Å². The molecule has 0 radical (unpaired) electrons. The van der Waals surface area contributed by atoms with E-state index in [0.717, 1.165) is 0 Å². The monoisotopic (exact) mass is 273 g/mol. The van der Waals surface area contributed by atoms with Gasteiger partial charge in [-0.15, -0.1) is 0 Å². The van der Waals surface area contributed by atoms with Crippen LogP contribution < -0.4 is 5.32 Å². The highest BCUT2D eigenvalue weighted by molar-refractivity contribution is 8.00. The van der Waals surface area contributed by atoms with E-state index >= 15 is 0 Å². The van der Waals surface area contributed by atoms with Crippen molar-refractivity contribution >= 4 is 27.1 Å². The van der Waals surface area contributed by atoms with Crippen molar-refractivity contribution in [2.75, 3.05) is 18.6 Å². The summed E-state index contributed by atoms with van der Waals surface area (Å²) >= 11 is 0. The summed E-state index contributed by atoms with van der Waals surface area (Å²) in [6.07, 6.45) is 0.677. The lowest BCUT2D eigenvalue weighted by atomic mass is 9.68. The van der Waals surface area contributed by atoms with E-state index in [1.165, 1.54) is 7.05 Å². The zero-order valence-corrected chi connectivity index (χ0v) is 12.5. The molecule has 0 aromatic carbocycles. The van der Waals surface area contributed by atoms with Gasteiger partial charge in [-0.05, 0) is 28.2 Å². The molecule has 0 aromatic rings. The fourth-order valence-electron chi connectivity index (χ4n) is 2.46. The molecule has 5 heteroatoms. The minimum atomic E-state index is -2.11. The highest BCUT2D eigenvalue weighted by Crippen LogP contribution is 2.39. The Morgan fingerprint density at radius 1 is 1.22 bits per heavy atom. The fraction of sp³-hybridized carbons (Fsp3) is 0.769. The number of carbonyl (C=O) groups excluding carboxylic acids is 2. The number of Topliss-reactive ketones (excluding diaryl/α,β-unsaturated/α-hetero) is 1. The summed E-state index contributed by atoms with van der Waals surface area (Å²) in [5, 5.41) is 2.58. The molecule has 0 spiro atoms. The minimum Gasteiger partial charge on any atom is -0.358 e. The van der Waals surface area contributed by atoms with E-state index in [1.807, 2.05) is 20.8 Å². The molecule has 1 rings (SSSR count). The van der Waals surface area contributed by atoms with Crippen molar-refractivity contribution in [2.45, 2.75) is 33.6 Å². The summed E-state index contributed by atoms with van der Waals surface area (Å²) < 4.78 is 11.9. The van der Waals surface area contributed by atoms with Crippen LogP contribution in [0.1, 0.15) is 33.6 Å². The number of carbonyl (C=O) groups is 2. The van der Waals surface area contributed by atoms with Gasteiger partial charge >= 0.3 is 0 Å². The van der Waals surface area contributed by atoms with Crippen LogP contribution in [0.25, 0.3) is 0 Å². The van der Waals surface area contributed by atoms with E-state index in [0.29, 0.717) is 24.3 Å². The van der Waals surface area contributed by atoms with E-state index in [4.69, 9.17) is 0 Å². The molecule has 1 heterocycles. The first-order chi connectivity index (χ1) is 8.05. The van der Waals surface area contributed by atoms with Gasteiger partial charge in [0.2, 0.25) is 5.91 Å². The molecule has 0 aliphatic carbocycles. The van der Waals surface area contributed by atoms with Gasteiger partial charge in [0.05, 0.1) is 0 Å². The summed E-state index contributed by atoms with van der Waals surface area (Å²) in [5.41, 5.74) is -1.60. The number of hydrogen-bond donors (Lipinski definition) is 1. The van der Waals surface area contributed by atoms with E-state index in [9.17, 15) is 13.8 Å². The maximum atomic E-state index is 12.6. The third-order valence-corrected chi connectivity index (χ3v) is 5.48. The Bertz CT molecular complexity index is 443. The van der Waals surface area contributed by atoms with Crippen molar-refractivity contribution in [2.24, 2.45) is 10.8 Å². The normalized spacial score (nSPS) is 32.9. The van der Waals surface area contributed by atoms with Crippen molar-refractivity contribution < 1.29 is 13.8 Å². The Labute approximate surface area is 110 Å². The predicted octanol–water partition coefficient (Wildman–Crippen LogP) is 0.844. The fourth-order valence-corrected chi connectivity index (χ4v) is 4.11. The van der Waals surface area contributed by atoms with Crippen LogP contribution in [0, 0.1) is 10.8 Å². The van der Waals surface area contributed by atoms with Crippen LogP contribution in [0.2, 0.25) is 0 Å². The Balaban J connectivity index is 3.15. The highest BCUT2D eigenvalue weighted by atomic mass is 32.2. The van der Waals surface area contributed by atoms with Crippen LogP contribution in [-0.2, 0) is 19.1 Å². The molecule has 1 amide bonds. The second-order valence-electron chi connectivity index (χ2n) is 6.11. The molecule has 104 valence electrons. The summed E-state index contributed by atoms with van der Waals surface area (Å²) in [4.78, 5) is 24.7. The average molecular weight is 273 g/mol. The third kappa shape index (κ3) is 2.76. The molecule has 0 saturated carbocycles. The van der Waals surface area contributed by atoms with Crippen LogP contribution >= 0.6 is 0 Å². The van der Waals surface area contributed by atoms with Crippen molar-refractivity contribution in [1.29, 1.82) is 0 Å². The van der Waals surface area contributed by atoms with E-state index in [2.05, 4.69) is 11.2 Å². The lowest BCUT2D eigenvalue weighted by molar-refractivity contribution is -0.147. The number of ketones is 1. The zero-order valence-electron chi connectivity index (χ0n) is 11.7. The average Bonchev–Trinajstić information content (AvgIpc) is 2.26. The maximum Gasteiger partial charge on any atom is 0.233 e. The van der Waals surface area contributed by atoms with Crippen LogP contribution in [0.5, 0.6) is 0 Å². The Kier molecular flexibility index (Phi) is 3.96. The molecule has 4 nitrogen and oxygen atoms in total. The zero-order chi connectivity index (χ0) is 14.2. The molecule has 1 saturated heterocycles. The quantitative estimate of drug-likeness (QED) is 0.599. The topological polar surface area (TPSA) is 63.2 Å². The second kappa shape index (κ2) is 4.68. The molecular weight excluding hydrogens is 250 g/mol. The summed E-state index contributed by atoms with van der Waals surface area (Å²) in [6.45, 7) is 5.45. The van der Waals surface area contributed by atoms with Gasteiger partial charge in [-0.1, -0.05) is 20.8 Å². The third-order valence-electron chi connectivity index (χ3n) is 3.58. The Hall–Kier alpha value is -0.840. The van der Waals surface area contributed by atoms with Crippen molar-refractivity contribution in [3.05, 3.63) is 0 Å². The molecule has 1 aliphatic rings. The lowest BCUT2D eigenvalue weighted by Crippen LogP contribution is -2.53. The number of hydrogen-bond acceptors (Lipinski definition) is 3. The van der Waals surface area contributed by atoms with Crippen LogP contribution in [-0.4, -0.2) is 40.3 Å². The van der Waals surface area contributed by atoms with E-state index in [-0.39, 0.29) is 11.7 Å². The molecule has 0 bridgehead atoms. The Morgan fingerprint density at radius 2 is 1.67 bits per heavy atom. The molecular formula is C13H23NO3S. The first kappa shape index (κ1) is 15.2. The van der Waals surface area contributed by atoms with Crippen LogP contribution in [0.3, 0.4) is 0 Å². The summed E-state index contributed by atoms with van der Waals surface area (Å²) in [6, 6.07) is 0. The van der Waals surface area contributed by atoms with Crippen molar-refractivity contribution in [1.82, 2.24) is 5.32 Å². The molecule has 1 aliphatic heterocycles. The van der Waals surface area contributed by atoms with Gasteiger partial charge in [0.1, 0.15) is 5.41 Å². The number of nitrogens with one attached hydrogen (secondary N) is 1. The van der Waals surface area contributed by atoms with Crippen molar-refractivity contribution in [3.8, 4) is 0 Å². The molecule has 1 N–H and O–H groups in total. The molecule has 0 unspecified atom stereocenters. The van der Waals surface area contributed by atoms with Gasteiger partial charge in [0.25, 0.3) is 0 Å². The van der Waals surface area contributed by atoms with Gasteiger partial charge in [-0.25, -0.2) is 0 Å². The minimum absolute atomic E-state index is 0.0655. The molecule has 1 fully saturated rings. The van der Waals surface area contributed by atoms with Gasteiger partial charge in [0, 0.05) is 24.0 Å². The summed E-state index contributed by atoms with van der Waals surface area (Å²) in [5.74, 6) is 4.07. The maximum absolute atomic E-state index is 12.6.